The van der Waals surface area contributed by atoms with Crippen molar-refractivity contribution in [1.29, 1.82) is 0 Å². The molecule has 138 valence electrons. The lowest BCUT2D eigenvalue weighted by Crippen LogP contribution is -2.57. The molecule has 0 saturated carbocycles. The predicted molar refractivity (Wildman–Crippen MR) is 90.6 cm³/mol. The lowest BCUT2D eigenvalue weighted by molar-refractivity contribution is -0.133. The molecule has 4 amide bonds. The van der Waals surface area contributed by atoms with Crippen molar-refractivity contribution in [3.63, 3.8) is 0 Å². The van der Waals surface area contributed by atoms with E-state index in [1.807, 2.05) is 13.8 Å². The summed E-state index contributed by atoms with van der Waals surface area (Å²) in [5.74, 6) is -1.92. The van der Waals surface area contributed by atoms with E-state index in [-0.39, 0.29) is 17.7 Å². The van der Waals surface area contributed by atoms with Gasteiger partial charge in [-0.25, -0.2) is 0 Å². The molecule has 3 atom stereocenters. The van der Waals surface area contributed by atoms with E-state index in [1.54, 1.807) is 13.8 Å². The van der Waals surface area contributed by atoms with E-state index in [2.05, 4.69) is 16.0 Å². The smallest absolute Gasteiger partial charge is 0.243 e. The first-order valence-electron chi connectivity index (χ1n) is 8.12. The minimum Gasteiger partial charge on any atom is -0.368 e. The molecular formula is C16H30N4O4. The van der Waals surface area contributed by atoms with E-state index < -0.39 is 35.8 Å². The molecule has 0 saturated heterocycles. The lowest BCUT2D eigenvalue weighted by Gasteiger charge is -2.25. The Morgan fingerprint density at radius 2 is 1.42 bits per heavy atom. The quantitative estimate of drug-likeness (QED) is 0.457. The van der Waals surface area contributed by atoms with Crippen LogP contribution in [-0.2, 0) is 19.2 Å². The first-order chi connectivity index (χ1) is 11.0. The fourth-order valence-electron chi connectivity index (χ4n) is 2.19. The molecular weight excluding hydrogens is 312 g/mol. The number of primary amides is 1. The maximum absolute atomic E-state index is 12.5. The molecule has 0 rings (SSSR count). The average molecular weight is 342 g/mol. The fourth-order valence-corrected chi connectivity index (χ4v) is 2.19. The van der Waals surface area contributed by atoms with Gasteiger partial charge in [-0.2, -0.15) is 0 Å². The van der Waals surface area contributed by atoms with Crippen LogP contribution in [0.5, 0.6) is 0 Å². The highest BCUT2D eigenvalue weighted by atomic mass is 16.2. The average Bonchev–Trinajstić information content (AvgIpc) is 2.41. The van der Waals surface area contributed by atoms with Crippen LogP contribution in [0.15, 0.2) is 0 Å². The van der Waals surface area contributed by atoms with E-state index in [0.717, 1.165) is 0 Å². The van der Waals surface area contributed by atoms with Crippen LogP contribution in [0.3, 0.4) is 0 Å². The minimum absolute atomic E-state index is 0.142. The molecule has 5 N–H and O–H groups in total. The number of carbonyl (C=O) groups excluding carboxylic acids is 4. The van der Waals surface area contributed by atoms with Crippen LogP contribution in [0.25, 0.3) is 0 Å². The summed E-state index contributed by atoms with van der Waals surface area (Å²) in [7, 11) is 0. The van der Waals surface area contributed by atoms with Gasteiger partial charge in [0.1, 0.15) is 18.1 Å². The molecule has 0 aromatic carbocycles. The maximum Gasteiger partial charge on any atom is 0.243 e. The molecule has 0 bridgehead atoms. The van der Waals surface area contributed by atoms with Gasteiger partial charge in [-0.1, -0.05) is 27.7 Å². The predicted octanol–water partition coefficient (Wildman–Crippen LogP) is -0.332. The van der Waals surface area contributed by atoms with Crippen LogP contribution in [0.2, 0.25) is 0 Å². The fraction of sp³-hybridized carbons (Fsp3) is 0.750. The van der Waals surface area contributed by atoms with Crippen molar-refractivity contribution in [1.82, 2.24) is 16.0 Å². The summed E-state index contributed by atoms with van der Waals surface area (Å²) < 4.78 is 0. The van der Waals surface area contributed by atoms with Crippen LogP contribution < -0.4 is 21.7 Å². The Labute approximate surface area is 143 Å². The molecule has 24 heavy (non-hydrogen) atoms. The zero-order valence-electron chi connectivity index (χ0n) is 15.3. The molecule has 0 aliphatic heterocycles. The molecule has 0 heterocycles. The van der Waals surface area contributed by atoms with Crippen molar-refractivity contribution in [3.8, 4) is 0 Å². The largest absolute Gasteiger partial charge is 0.368 e. The van der Waals surface area contributed by atoms with Crippen molar-refractivity contribution >= 4 is 23.6 Å². The highest BCUT2D eigenvalue weighted by Gasteiger charge is 2.29. The highest BCUT2D eigenvalue weighted by molar-refractivity contribution is 5.93. The summed E-state index contributed by atoms with van der Waals surface area (Å²) >= 11 is 0. The van der Waals surface area contributed by atoms with Gasteiger partial charge in [-0.05, 0) is 25.2 Å². The van der Waals surface area contributed by atoms with E-state index in [1.165, 1.54) is 13.8 Å². The van der Waals surface area contributed by atoms with Crippen molar-refractivity contribution in [2.24, 2.45) is 17.6 Å². The third-order valence-electron chi connectivity index (χ3n) is 3.42. The van der Waals surface area contributed by atoms with Crippen LogP contribution in [0, 0.1) is 11.8 Å². The van der Waals surface area contributed by atoms with Gasteiger partial charge in [0.2, 0.25) is 23.6 Å². The second-order valence-electron chi connectivity index (χ2n) is 6.75. The van der Waals surface area contributed by atoms with Gasteiger partial charge in [-0.3, -0.25) is 19.2 Å². The summed E-state index contributed by atoms with van der Waals surface area (Å²) in [6.07, 6.45) is 0.397. The Hall–Kier alpha value is -2.12. The summed E-state index contributed by atoms with van der Waals surface area (Å²) in [5.41, 5.74) is 5.30. The summed E-state index contributed by atoms with van der Waals surface area (Å²) in [6.45, 7) is 10.2. The van der Waals surface area contributed by atoms with Crippen LogP contribution in [0.4, 0.5) is 0 Å². The van der Waals surface area contributed by atoms with Crippen LogP contribution in [-0.4, -0.2) is 41.8 Å². The molecule has 0 aromatic rings. The van der Waals surface area contributed by atoms with Gasteiger partial charge in [0.15, 0.2) is 0 Å². The number of nitrogens with one attached hydrogen (secondary N) is 3. The van der Waals surface area contributed by atoms with E-state index >= 15 is 0 Å². The SMILES string of the molecule is CC(=O)N[C@@H](C)C(=O)N[C@@H](CC(C)C)C(=O)N[C@H](C(N)=O)C(C)C. The zero-order valence-corrected chi connectivity index (χ0v) is 15.3. The number of nitrogens with two attached hydrogens (primary N) is 1. The molecule has 0 aliphatic rings. The maximum atomic E-state index is 12.5. The third kappa shape index (κ3) is 7.94. The zero-order chi connectivity index (χ0) is 19.0. The van der Waals surface area contributed by atoms with Gasteiger partial charge in [0, 0.05) is 6.92 Å². The number of carbonyl (C=O) groups is 4. The van der Waals surface area contributed by atoms with Crippen molar-refractivity contribution < 1.29 is 19.2 Å². The Bertz CT molecular complexity index is 477. The summed E-state index contributed by atoms with van der Waals surface area (Å²) in [6, 6.07) is -2.38. The Kier molecular flexibility index (Phi) is 9.02. The lowest BCUT2D eigenvalue weighted by atomic mass is 10.00. The van der Waals surface area contributed by atoms with Crippen molar-refractivity contribution in [2.75, 3.05) is 0 Å². The van der Waals surface area contributed by atoms with Crippen molar-refractivity contribution in [3.05, 3.63) is 0 Å². The summed E-state index contributed by atoms with van der Waals surface area (Å²) in [4.78, 5) is 47.1. The van der Waals surface area contributed by atoms with Crippen LogP contribution >= 0.6 is 0 Å². The number of amides is 4. The summed E-state index contributed by atoms with van der Waals surface area (Å²) in [5, 5.41) is 7.67. The molecule has 8 heteroatoms. The first kappa shape index (κ1) is 21.9. The van der Waals surface area contributed by atoms with E-state index in [9.17, 15) is 19.2 Å². The Balaban J connectivity index is 5.04. The van der Waals surface area contributed by atoms with Gasteiger partial charge >= 0.3 is 0 Å². The van der Waals surface area contributed by atoms with Gasteiger partial charge in [-0.15, -0.1) is 0 Å². The first-order valence-corrected chi connectivity index (χ1v) is 8.12. The highest BCUT2D eigenvalue weighted by Crippen LogP contribution is 2.08. The molecule has 0 unspecified atom stereocenters. The number of hydrogen-bond donors (Lipinski definition) is 4. The van der Waals surface area contributed by atoms with Gasteiger partial charge in [0.05, 0.1) is 0 Å². The van der Waals surface area contributed by atoms with Crippen molar-refractivity contribution in [2.45, 2.75) is 66.1 Å². The molecule has 0 fully saturated rings. The van der Waals surface area contributed by atoms with Gasteiger partial charge in [0.25, 0.3) is 0 Å². The standard InChI is InChI=1S/C16H30N4O4/c1-8(2)7-12(19-15(23)10(5)18-11(6)21)16(24)20-13(9(3)4)14(17)22/h8-10,12-13H,7H2,1-6H3,(H2,17,22)(H,18,21)(H,19,23)(H,20,24)/t10-,12-,13-/m0/s1. The van der Waals surface area contributed by atoms with E-state index in [0.29, 0.717) is 6.42 Å². The second kappa shape index (κ2) is 9.89. The van der Waals surface area contributed by atoms with Crippen LogP contribution in [0.1, 0.15) is 48.0 Å². The molecule has 0 spiro atoms. The van der Waals surface area contributed by atoms with E-state index in [4.69, 9.17) is 5.73 Å². The molecule has 0 aliphatic carbocycles. The normalized spacial score (nSPS) is 14.7. The topological polar surface area (TPSA) is 130 Å². The van der Waals surface area contributed by atoms with Gasteiger partial charge < -0.3 is 21.7 Å². The third-order valence-corrected chi connectivity index (χ3v) is 3.42. The molecule has 0 radical (unpaired) electrons. The molecule has 8 nitrogen and oxygen atoms in total. The Morgan fingerprint density at radius 3 is 1.79 bits per heavy atom. The second-order valence-corrected chi connectivity index (χ2v) is 6.75. The number of hydrogen-bond acceptors (Lipinski definition) is 4. The minimum atomic E-state index is -0.811. The Morgan fingerprint density at radius 1 is 0.875 bits per heavy atom. The molecule has 0 aromatic heterocycles. The number of rotatable bonds is 9. The monoisotopic (exact) mass is 342 g/mol.